The zero-order chi connectivity index (χ0) is 10.4. The molecule has 0 aromatic heterocycles. The summed E-state index contributed by atoms with van der Waals surface area (Å²) < 4.78 is 16.4. The highest BCUT2D eigenvalue weighted by molar-refractivity contribution is 8.10. The molecule has 0 heterocycles. The number of benzene rings is 1. The van der Waals surface area contributed by atoms with E-state index < -0.39 is 10.8 Å². The fourth-order valence-electron chi connectivity index (χ4n) is 1.04. The second-order valence-corrected chi connectivity index (χ2v) is 5.44. The number of hydrogen-bond donors (Lipinski definition) is 0. The van der Waals surface area contributed by atoms with Crippen LogP contribution in [0.25, 0.3) is 0 Å². The summed E-state index contributed by atoms with van der Waals surface area (Å²) in [5, 5.41) is 0. The first-order valence-corrected chi connectivity index (χ1v) is 7.15. The molecule has 0 aliphatic carbocycles. The van der Waals surface area contributed by atoms with Crippen molar-refractivity contribution in [2.45, 2.75) is 11.4 Å². The van der Waals surface area contributed by atoms with E-state index >= 15 is 0 Å². The molecule has 1 rings (SSSR count). The van der Waals surface area contributed by atoms with Gasteiger partial charge >= 0.3 is 0 Å². The van der Waals surface area contributed by atoms with E-state index in [4.69, 9.17) is 4.74 Å². The molecule has 2 unspecified atom stereocenters. The lowest BCUT2D eigenvalue weighted by Gasteiger charge is -2.12. The molecule has 0 saturated heterocycles. The van der Waals surface area contributed by atoms with Gasteiger partial charge in [0.2, 0.25) is 0 Å². The Bertz CT molecular complexity index is 287. The summed E-state index contributed by atoms with van der Waals surface area (Å²) in [4.78, 5) is 0. The molecule has 0 amide bonds. The Kier molecular flexibility index (Phi) is 5.22. The molecule has 14 heavy (non-hydrogen) atoms. The number of ether oxygens (including phenoxy) is 1. The van der Waals surface area contributed by atoms with Crippen LogP contribution in [-0.2, 0) is 22.1 Å². The number of rotatable bonds is 5. The molecule has 0 radical (unpaired) electrons. The minimum atomic E-state index is -0.936. The first-order valence-electron chi connectivity index (χ1n) is 4.24. The Morgan fingerprint density at radius 2 is 2.07 bits per heavy atom. The molecule has 0 spiro atoms. The Morgan fingerprint density at radius 1 is 1.43 bits per heavy atom. The van der Waals surface area contributed by atoms with Crippen molar-refractivity contribution in [1.82, 2.24) is 0 Å². The lowest BCUT2D eigenvalue weighted by atomic mass is 10.2. The first-order chi connectivity index (χ1) is 6.74. The van der Waals surface area contributed by atoms with Gasteiger partial charge in [-0.05, 0) is 11.8 Å². The van der Waals surface area contributed by atoms with Crippen LogP contribution in [0.3, 0.4) is 0 Å². The Morgan fingerprint density at radius 3 is 2.57 bits per heavy atom. The van der Waals surface area contributed by atoms with Gasteiger partial charge in [-0.15, -0.1) is 11.8 Å². The van der Waals surface area contributed by atoms with Crippen LogP contribution in [0.4, 0.5) is 0 Å². The minimum Gasteiger partial charge on any atom is -0.350 e. The average Bonchev–Trinajstić information content (AvgIpc) is 2.20. The van der Waals surface area contributed by atoms with E-state index in [1.807, 2.05) is 36.6 Å². The summed E-state index contributed by atoms with van der Waals surface area (Å²) in [6.45, 7) is 0.520. The normalized spacial score (nSPS) is 15.0. The Hall–Kier alpha value is -0.320. The summed E-state index contributed by atoms with van der Waals surface area (Å²) >= 11 is 1.47. The predicted octanol–water partition coefficient (Wildman–Crippen LogP) is 2.23. The molecule has 4 heteroatoms. The standard InChI is InChI=1S/C10H14O2S2/c1-13-10(14(2)11)12-8-9-6-4-3-5-7-9/h3-7,10H,8H2,1-2H3. The van der Waals surface area contributed by atoms with Gasteiger partial charge in [0.15, 0.2) is 4.77 Å². The van der Waals surface area contributed by atoms with Crippen molar-refractivity contribution < 1.29 is 8.95 Å². The molecular formula is C10H14O2S2. The van der Waals surface area contributed by atoms with Gasteiger partial charge in [0.1, 0.15) is 0 Å². The monoisotopic (exact) mass is 230 g/mol. The second-order valence-electron chi connectivity index (χ2n) is 2.82. The molecule has 0 bridgehead atoms. The first kappa shape index (κ1) is 11.8. The quantitative estimate of drug-likeness (QED) is 0.726. The van der Waals surface area contributed by atoms with Gasteiger partial charge in [-0.2, -0.15) is 0 Å². The molecule has 0 N–H and O–H groups in total. The topological polar surface area (TPSA) is 26.3 Å². The third-order valence-corrected chi connectivity index (χ3v) is 4.28. The van der Waals surface area contributed by atoms with Crippen LogP contribution in [0, 0.1) is 0 Å². The molecule has 0 aliphatic heterocycles. The van der Waals surface area contributed by atoms with Crippen LogP contribution < -0.4 is 0 Å². The molecule has 1 aromatic rings. The van der Waals surface area contributed by atoms with Crippen molar-refractivity contribution in [3.63, 3.8) is 0 Å². The highest BCUT2D eigenvalue weighted by Gasteiger charge is 2.10. The number of thioether (sulfide) groups is 1. The van der Waals surface area contributed by atoms with Crippen LogP contribution in [0.15, 0.2) is 30.3 Å². The van der Waals surface area contributed by atoms with Gasteiger partial charge < -0.3 is 4.74 Å². The molecule has 2 atom stereocenters. The third kappa shape index (κ3) is 3.82. The second kappa shape index (κ2) is 6.22. The van der Waals surface area contributed by atoms with Crippen molar-refractivity contribution in [3.05, 3.63) is 35.9 Å². The summed E-state index contributed by atoms with van der Waals surface area (Å²) in [6.07, 6.45) is 3.56. The molecule has 78 valence electrons. The van der Waals surface area contributed by atoms with Gasteiger partial charge in [-0.3, -0.25) is 4.21 Å². The highest BCUT2D eigenvalue weighted by atomic mass is 32.2. The van der Waals surface area contributed by atoms with Crippen LogP contribution in [-0.4, -0.2) is 21.5 Å². The Balaban J connectivity index is 2.44. The molecule has 0 aliphatic rings. The lowest BCUT2D eigenvalue weighted by Crippen LogP contribution is -2.13. The average molecular weight is 230 g/mol. The van der Waals surface area contributed by atoms with Crippen molar-refractivity contribution in [2.24, 2.45) is 0 Å². The smallest absolute Gasteiger partial charge is 0.178 e. The van der Waals surface area contributed by atoms with Crippen LogP contribution in [0.1, 0.15) is 5.56 Å². The number of hydrogen-bond acceptors (Lipinski definition) is 3. The molecule has 0 fully saturated rings. The fraction of sp³-hybridized carbons (Fsp3) is 0.400. The largest absolute Gasteiger partial charge is 0.350 e. The summed E-state index contributed by atoms with van der Waals surface area (Å²) in [7, 11) is -0.936. The summed E-state index contributed by atoms with van der Waals surface area (Å²) in [6, 6.07) is 9.89. The van der Waals surface area contributed by atoms with E-state index in [0.29, 0.717) is 6.61 Å². The highest BCUT2D eigenvalue weighted by Crippen LogP contribution is 2.14. The minimum absolute atomic E-state index is 0.227. The molecular weight excluding hydrogens is 216 g/mol. The third-order valence-electron chi connectivity index (χ3n) is 1.69. The van der Waals surface area contributed by atoms with Crippen molar-refractivity contribution in [3.8, 4) is 0 Å². The van der Waals surface area contributed by atoms with Gasteiger partial charge in [0.25, 0.3) is 0 Å². The SMILES string of the molecule is CSC(OCc1ccccc1)S(C)=O. The molecule has 0 saturated carbocycles. The maximum absolute atomic E-state index is 11.2. The molecule has 1 aromatic carbocycles. The van der Waals surface area contributed by atoms with Gasteiger partial charge in [0.05, 0.1) is 17.4 Å². The molecule has 2 nitrogen and oxygen atoms in total. The van der Waals surface area contributed by atoms with Crippen molar-refractivity contribution in [2.75, 3.05) is 12.5 Å². The van der Waals surface area contributed by atoms with Gasteiger partial charge in [-0.25, -0.2) is 0 Å². The maximum atomic E-state index is 11.2. The zero-order valence-corrected chi connectivity index (χ0v) is 9.94. The zero-order valence-electron chi connectivity index (χ0n) is 8.30. The summed E-state index contributed by atoms with van der Waals surface area (Å²) in [5.74, 6) is 0. The van der Waals surface area contributed by atoms with Crippen molar-refractivity contribution in [1.29, 1.82) is 0 Å². The van der Waals surface area contributed by atoms with Gasteiger partial charge in [-0.1, -0.05) is 30.3 Å². The van der Waals surface area contributed by atoms with Crippen molar-refractivity contribution >= 4 is 22.6 Å². The van der Waals surface area contributed by atoms with E-state index in [2.05, 4.69) is 0 Å². The van der Waals surface area contributed by atoms with Crippen LogP contribution >= 0.6 is 11.8 Å². The van der Waals surface area contributed by atoms with E-state index in [0.717, 1.165) is 5.56 Å². The van der Waals surface area contributed by atoms with E-state index in [1.54, 1.807) is 6.26 Å². The van der Waals surface area contributed by atoms with Gasteiger partial charge in [0, 0.05) is 6.26 Å². The fourth-order valence-corrected chi connectivity index (χ4v) is 2.59. The lowest BCUT2D eigenvalue weighted by molar-refractivity contribution is 0.146. The Labute approximate surface area is 91.5 Å². The maximum Gasteiger partial charge on any atom is 0.178 e. The van der Waals surface area contributed by atoms with Crippen LogP contribution in [0.2, 0.25) is 0 Å². The predicted molar refractivity (Wildman–Crippen MR) is 62.6 cm³/mol. The van der Waals surface area contributed by atoms with Crippen LogP contribution in [0.5, 0.6) is 0 Å². The van der Waals surface area contributed by atoms with E-state index in [-0.39, 0.29) is 4.77 Å². The summed E-state index contributed by atoms with van der Waals surface area (Å²) in [5.41, 5.74) is 1.11. The van der Waals surface area contributed by atoms with E-state index in [9.17, 15) is 4.21 Å². The van der Waals surface area contributed by atoms with E-state index in [1.165, 1.54) is 11.8 Å².